The zero-order valence-electron chi connectivity index (χ0n) is 17.2. The highest BCUT2D eigenvalue weighted by atomic mass is 16.5. The molecule has 0 aliphatic rings. The van der Waals surface area contributed by atoms with E-state index in [0.717, 1.165) is 12.8 Å². The second kappa shape index (κ2) is 20.2. The van der Waals surface area contributed by atoms with Crippen LogP contribution in [0.25, 0.3) is 0 Å². The van der Waals surface area contributed by atoms with Crippen molar-refractivity contribution >= 4 is 11.9 Å². The molecule has 0 aliphatic heterocycles. The van der Waals surface area contributed by atoms with Crippen molar-refractivity contribution in [2.24, 2.45) is 0 Å². The molecular weight excluding hydrogens is 336 g/mol. The summed E-state index contributed by atoms with van der Waals surface area (Å²) in [5, 5.41) is 17.4. The van der Waals surface area contributed by atoms with Crippen LogP contribution in [0, 0.1) is 0 Å². The van der Waals surface area contributed by atoms with Crippen LogP contribution in [0.2, 0.25) is 0 Å². The highest BCUT2D eigenvalue weighted by Gasteiger charge is 2.09. The number of aliphatic hydroxyl groups excluding tert-OH is 2. The molecule has 26 heavy (non-hydrogen) atoms. The van der Waals surface area contributed by atoms with Crippen LogP contribution < -0.4 is 0 Å². The van der Waals surface area contributed by atoms with Crippen LogP contribution in [0.15, 0.2) is 0 Å². The van der Waals surface area contributed by atoms with Gasteiger partial charge in [0.2, 0.25) is 0 Å². The number of carbonyl (C=O) groups excluding carboxylic acids is 2. The van der Waals surface area contributed by atoms with Crippen molar-refractivity contribution in [1.29, 1.82) is 0 Å². The van der Waals surface area contributed by atoms with Crippen LogP contribution >= 0.6 is 0 Å². The quantitative estimate of drug-likeness (QED) is 0.354. The van der Waals surface area contributed by atoms with Crippen molar-refractivity contribution in [1.82, 2.24) is 0 Å². The van der Waals surface area contributed by atoms with Gasteiger partial charge in [0.1, 0.15) is 12.2 Å². The summed E-state index contributed by atoms with van der Waals surface area (Å²) >= 11 is 0. The third-order valence-electron chi connectivity index (χ3n) is 3.71. The van der Waals surface area contributed by atoms with Gasteiger partial charge >= 0.3 is 11.9 Å². The first-order valence-electron chi connectivity index (χ1n) is 10.1. The summed E-state index contributed by atoms with van der Waals surface area (Å²) in [6.45, 7) is 7.51. The van der Waals surface area contributed by atoms with E-state index in [4.69, 9.17) is 14.9 Å². The standard InChI is InChI=1S/C15H30O3.C5H10O3/c1-3-4-5-6-7-8-9-10-11-12-13-18-15(17)14(2)16;1-3-8-5(7)4(2)6/h14,16H,3-13H2,1-2H3;4,6H,3H2,1-2H3. The first-order chi connectivity index (χ1) is 12.4. The fraction of sp³-hybridized carbons (Fsp3) is 0.900. The van der Waals surface area contributed by atoms with Gasteiger partial charge in [-0.05, 0) is 27.2 Å². The molecule has 0 saturated heterocycles. The lowest BCUT2D eigenvalue weighted by Crippen LogP contribution is -2.19. The molecule has 0 aliphatic carbocycles. The molecule has 2 N–H and O–H groups in total. The largest absolute Gasteiger partial charge is 0.464 e. The minimum Gasteiger partial charge on any atom is -0.464 e. The van der Waals surface area contributed by atoms with Gasteiger partial charge in [0.25, 0.3) is 0 Å². The predicted molar refractivity (Wildman–Crippen MR) is 103 cm³/mol. The smallest absolute Gasteiger partial charge is 0.334 e. The molecule has 0 amide bonds. The molecule has 0 heterocycles. The Morgan fingerprint density at radius 1 is 0.692 bits per heavy atom. The van der Waals surface area contributed by atoms with Crippen LogP contribution in [0.1, 0.15) is 91.9 Å². The van der Waals surface area contributed by atoms with Gasteiger partial charge in [-0.15, -0.1) is 0 Å². The number of aliphatic hydroxyl groups is 2. The van der Waals surface area contributed by atoms with Crippen LogP contribution in [-0.4, -0.2) is 47.6 Å². The second-order valence-electron chi connectivity index (χ2n) is 6.45. The lowest BCUT2D eigenvalue weighted by molar-refractivity contribution is -0.153. The first-order valence-corrected chi connectivity index (χ1v) is 10.1. The van der Waals surface area contributed by atoms with Gasteiger partial charge in [-0.25, -0.2) is 9.59 Å². The van der Waals surface area contributed by atoms with E-state index < -0.39 is 24.1 Å². The lowest BCUT2D eigenvalue weighted by Gasteiger charge is -2.06. The zero-order chi connectivity index (χ0) is 20.2. The maximum atomic E-state index is 10.9. The molecule has 156 valence electrons. The molecule has 0 radical (unpaired) electrons. The third kappa shape index (κ3) is 20.9. The van der Waals surface area contributed by atoms with E-state index in [1.165, 1.54) is 65.2 Å². The SMILES string of the molecule is CCCCCCCCCCCCOC(=O)C(C)O.CCOC(=O)C(C)O. The summed E-state index contributed by atoms with van der Waals surface area (Å²) in [7, 11) is 0. The minimum atomic E-state index is -0.992. The Labute approximate surface area is 159 Å². The molecule has 6 heteroatoms. The van der Waals surface area contributed by atoms with Crippen molar-refractivity contribution in [2.75, 3.05) is 13.2 Å². The molecule has 0 bridgehead atoms. The predicted octanol–water partition coefficient (Wildman–Crippen LogP) is 3.76. The lowest BCUT2D eigenvalue weighted by atomic mass is 10.1. The molecule has 6 nitrogen and oxygen atoms in total. The summed E-state index contributed by atoms with van der Waals surface area (Å²) in [5.41, 5.74) is 0. The van der Waals surface area contributed by atoms with E-state index in [0.29, 0.717) is 13.2 Å². The van der Waals surface area contributed by atoms with Crippen LogP contribution in [-0.2, 0) is 19.1 Å². The van der Waals surface area contributed by atoms with Crippen molar-refractivity contribution < 1.29 is 29.3 Å². The van der Waals surface area contributed by atoms with E-state index in [1.807, 2.05) is 0 Å². The Balaban J connectivity index is 0. The maximum absolute atomic E-state index is 10.9. The number of carbonyl (C=O) groups is 2. The van der Waals surface area contributed by atoms with Crippen molar-refractivity contribution in [3.8, 4) is 0 Å². The van der Waals surface area contributed by atoms with E-state index in [2.05, 4.69) is 11.7 Å². The van der Waals surface area contributed by atoms with Crippen molar-refractivity contribution in [2.45, 2.75) is 104 Å². The van der Waals surface area contributed by atoms with Gasteiger partial charge < -0.3 is 19.7 Å². The molecule has 0 fully saturated rings. The number of ether oxygens (including phenoxy) is 2. The van der Waals surface area contributed by atoms with Gasteiger partial charge in [0.05, 0.1) is 13.2 Å². The van der Waals surface area contributed by atoms with Crippen molar-refractivity contribution in [3.63, 3.8) is 0 Å². The van der Waals surface area contributed by atoms with Crippen LogP contribution in [0.5, 0.6) is 0 Å². The average molecular weight is 377 g/mol. The Morgan fingerprint density at radius 3 is 1.42 bits per heavy atom. The van der Waals surface area contributed by atoms with Gasteiger partial charge in [-0.2, -0.15) is 0 Å². The Hall–Kier alpha value is -1.14. The number of hydrogen-bond donors (Lipinski definition) is 2. The molecule has 0 spiro atoms. The summed E-state index contributed by atoms with van der Waals surface area (Å²) in [6, 6.07) is 0. The normalized spacial score (nSPS) is 12.5. The summed E-state index contributed by atoms with van der Waals surface area (Å²) < 4.78 is 9.30. The van der Waals surface area contributed by atoms with E-state index in [1.54, 1.807) is 6.92 Å². The van der Waals surface area contributed by atoms with E-state index in [9.17, 15) is 9.59 Å². The number of unbranched alkanes of at least 4 members (excludes halogenated alkanes) is 9. The molecule has 2 unspecified atom stereocenters. The zero-order valence-corrected chi connectivity index (χ0v) is 17.2. The fourth-order valence-corrected chi connectivity index (χ4v) is 2.15. The summed E-state index contributed by atoms with van der Waals surface area (Å²) in [5.74, 6) is -1.07. The average Bonchev–Trinajstić information content (AvgIpc) is 2.60. The van der Waals surface area contributed by atoms with Gasteiger partial charge in [-0.3, -0.25) is 0 Å². The minimum absolute atomic E-state index is 0.323. The van der Waals surface area contributed by atoms with E-state index >= 15 is 0 Å². The monoisotopic (exact) mass is 376 g/mol. The molecule has 0 aromatic rings. The number of hydrogen-bond acceptors (Lipinski definition) is 6. The number of rotatable bonds is 14. The Bertz CT molecular complexity index is 328. The second-order valence-corrected chi connectivity index (χ2v) is 6.45. The molecular formula is C20H40O6. The van der Waals surface area contributed by atoms with Gasteiger partial charge in [0.15, 0.2) is 0 Å². The summed E-state index contributed by atoms with van der Waals surface area (Å²) in [4.78, 5) is 21.2. The van der Waals surface area contributed by atoms with Crippen LogP contribution in [0.3, 0.4) is 0 Å². The highest BCUT2D eigenvalue weighted by Crippen LogP contribution is 2.10. The van der Waals surface area contributed by atoms with E-state index in [-0.39, 0.29) is 0 Å². The highest BCUT2D eigenvalue weighted by molar-refractivity contribution is 5.74. The topological polar surface area (TPSA) is 93.1 Å². The molecule has 0 saturated carbocycles. The molecule has 0 aromatic heterocycles. The first kappa shape index (κ1) is 27.1. The molecule has 0 aromatic carbocycles. The number of esters is 2. The third-order valence-corrected chi connectivity index (χ3v) is 3.71. The summed E-state index contributed by atoms with van der Waals surface area (Å²) in [6.07, 6.45) is 10.7. The fourth-order valence-electron chi connectivity index (χ4n) is 2.15. The molecule has 2 atom stereocenters. The van der Waals surface area contributed by atoms with Crippen LogP contribution in [0.4, 0.5) is 0 Å². The van der Waals surface area contributed by atoms with Crippen molar-refractivity contribution in [3.05, 3.63) is 0 Å². The van der Waals surface area contributed by atoms with Gasteiger partial charge in [-0.1, -0.05) is 64.7 Å². The molecule has 0 rings (SSSR count). The maximum Gasteiger partial charge on any atom is 0.334 e. The Morgan fingerprint density at radius 2 is 1.08 bits per heavy atom. The Kier molecular flexibility index (Phi) is 21.0. The van der Waals surface area contributed by atoms with Gasteiger partial charge in [0, 0.05) is 0 Å².